The van der Waals surface area contributed by atoms with Crippen molar-refractivity contribution in [2.24, 2.45) is 5.73 Å². The van der Waals surface area contributed by atoms with E-state index in [-0.39, 0.29) is 48.6 Å². The molecule has 0 aliphatic heterocycles. The molecule has 0 aromatic carbocycles. The van der Waals surface area contributed by atoms with Gasteiger partial charge in [-0.05, 0) is 37.8 Å². The number of ether oxygens (including phenoxy) is 1. The Bertz CT molecular complexity index is 926. The summed E-state index contributed by atoms with van der Waals surface area (Å²) in [5.74, 6) is -1.13. The van der Waals surface area contributed by atoms with Crippen LogP contribution in [-0.4, -0.2) is 55.7 Å². The van der Waals surface area contributed by atoms with E-state index in [4.69, 9.17) is 15.9 Å². The maximum Gasteiger partial charge on any atom is 1.00 e. The van der Waals surface area contributed by atoms with Gasteiger partial charge in [0, 0.05) is 12.5 Å². The zero-order valence-electron chi connectivity index (χ0n) is 17.4. The third kappa shape index (κ3) is 9.09. The second kappa shape index (κ2) is 12.3. The number of alkyl carbamates (subject to hydrolysis) is 1. The summed E-state index contributed by atoms with van der Waals surface area (Å²) in [6.45, 7) is 1.03. The first-order valence-electron chi connectivity index (χ1n) is 9.23. The molecule has 0 bridgehead atoms. The molecule has 14 heteroatoms. The number of amides is 2. The quantitative estimate of drug-likeness (QED) is 0.0618. The van der Waals surface area contributed by atoms with E-state index in [1.54, 1.807) is 13.0 Å². The number of carbonyl (C=O) groups excluding carboxylic acids is 2. The minimum atomic E-state index is -4.81. The fraction of sp³-hybridized carbons (Fsp3) is 0.529. The van der Waals surface area contributed by atoms with Crippen LogP contribution in [0.25, 0.3) is 0 Å². The first kappa shape index (κ1) is 27.3. The molecule has 2 amide bonds. The molecule has 0 spiro atoms. The maximum atomic E-state index is 12.2. The summed E-state index contributed by atoms with van der Waals surface area (Å²) in [6.07, 6.45) is 2.45. The number of hydrogen-bond acceptors (Lipinski definition) is 9. The molecule has 1 aromatic heterocycles. The Labute approximate surface area is 202 Å². The van der Waals surface area contributed by atoms with Gasteiger partial charge in [0.1, 0.15) is 6.61 Å². The van der Waals surface area contributed by atoms with Crippen LogP contribution in [0.2, 0.25) is 0 Å². The van der Waals surface area contributed by atoms with Crippen molar-refractivity contribution in [2.45, 2.75) is 38.5 Å². The predicted molar refractivity (Wildman–Crippen MR) is 104 cm³/mol. The number of nitrogens with one attached hydrogen (secondary N) is 3. The molecule has 0 saturated carbocycles. The Hall–Kier alpha value is -1.77. The van der Waals surface area contributed by atoms with Crippen molar-refractivity contribution in [3.63, 3.8) is 0 Å². The molecule has 1 aliphatic carbocycles. The van der Waals surface area contributed by atoms with Gasteiger partial charge in [0.25, 0.3) is 5.91 Å². The molecule has 31 heavy (non-hydrogen) atoms. The van der Waals surface area contributed by atoms with Crippen LogP contribution in [0.5, 0.6) is 0 Å². The summed E-state index contributed by atoms with van der Waals surface area (Å²) in [4.78, 5) is 28.6. The van der Waals surface area contributed by atoms with Crippen molar-refractivity contribution in [3.05, 3.63) is 28.6 Å². The average Bonchev–Trinajstić information content (AvgIpc) is 2.83. The van der Waals surface area contributed by atoms with Crippen LogP contribution in [-0.2, 0) is 25.7 Å². The average molecular weight is 465 g/mol. The number of aryl methyl sites for hydroxylation is 2. The fourth-order valence-corrected chi connectivity index (χ4v) is 3.46. The minimum absolute atomic E-state index is 0. The first-order valence-corrected chi connectivity index (χ1v) is 10.6. The summed E-state index contributed by atoms with van der Waals surface area (Å²) in [5.41, 5.74) is 7.64. The van der Waals surface area contributed by atoms with Gasteiger partial charge >= 0.3 is 35.7 Å². The van der Waals surface area contributed by atoms with E-state index in [2.05, 4.69) is 19.8 Å². The van der Waals surface area contributed by atoms with E-state index in [0.717, 1.165) is 30.5 Å². The van der Waals surface area contributed by atoms with Gasteiger partial charge in [0.05, 0.1) is 23.6 Å². The smallest absolute Gasteiger partial charge is 0.726 e. The molecule has 1 atom stereocenters. The summed E-state index contributed by atoms with van der Waals surface area (Å²) in [5, 5.41) is 11.7. The monoisotopic (exact) mass is 465 g/mol. The molecule has 12 nitrogen and oxygen atoms in total. The topological polar surface area (TPSA) is 197 Å². The molecule has 0 radical (unpaired) electrons. The molecule has 0 fully saturated rings. The number of pyridine rings is 1. The van der Waals surface area contributed by atoms with E-state index in [0.29, 0.717) is 17.7 Å². The zero-order chi connectivity index (χ0) is 22.3. The van der Waals surface area contributed by atoms with Gasteiger partial charge in [-0.3, -0.25) is 24.7 Å². The summed E-state index contributed by atoms with van der Waals surface area (Å²) in [7, 11) is -4.81. The van der Waals surface area contributed by atoms with Crippen LogP contribution < -0.4 is 45.9 Å². The van der Waals surface area contributed by atoms with E-state index in [1.807, 2.05) is 0 Å². The number of hydrogen-bond donors (Lipinski definition) is 4. The van der Waals surface area contributed by atoms with Crippen molar-refractivity contribution >= 4 is 28.4 Å². The number of guanidine groups is 1. The number of nitrogens with two attached hydrogens (primary N) is 1. The Kier molecular flexibility index (Phi) is 10.8. The Morgan fingerprint density at radius 1 is 1.39 bits per heavy atom. The summed E-state index contributed by atoms with van der Waals surface area (Å²) < 4.78 is 40.2. The third-order valence-corrected chi connectivity index (χ3v) is 4.92. The Balaban J connectivity index is 0.00000480. The van der Waals surface area contributed by atoms with Crippen LogP contribution in [0.4, 0.5) is 4.79 Å². The van der Waals surface area contributed by atoms with Gasteiger partial charge in [0.15, 0.2) is 5.96 Å². The van der Waals surface area contributed by atoms with E-state index < -0.39 is 35.0 Å². The Morgan fingerprint density at radius 3 is 2.74 bits per heavy atom. The van der Waals surface area contributed by atoms with Gasteiger partial charge in [0.2, 0.25) is 10.4 Å². The van der Waals surface area contributed by atoms with E-state index in [9.17, 15) is 22.6 Å². The second-order valence-corrected chi connectivity index (χ2v) is 7.78. The normalized spacial score (nSPS) is 15.6. The van der Waals surface area contributed by atoms with Crippen molar-refractivity contribution in [1.82, 2.24) is 15.6 Å². The molecular weight excluding hydrogens is 441 g/mol. The Morgan fingerprint density at radius 2 is 2.10 bits per heavy atom. The standard InChI is InChI=1S/C17H25N5O7S.Na/c1-10-13(15(23)22-16(18)19)8-11-4-2-3-5-12(14(11)21-10)9-28-17(24)20-6-7-29-30(25,26)27;/h8,12H,2-7,9H2,1H3,(H,20,24)(H,25,26,27)(H4,18,19,22,23);/q;+1/p-1. The van der Waals surface area contributed by atoms with Gasteiger partial charge in [-0.1, -0.05) is 6.42 Å². The van der Waals surface area contributed by atoms with Gasteiger partial charge < -0.3 is 20.3 Å². The van der Waals surface area contributed by atoms with E-state index >= 15 is 0 Å². The minimum Gasteiger partial charge on any atom is -0.726 e. The van der Waals surface area contributed by atoms with Crippen LogP contribution in [0.3, 0.4) is 0 Å². The van der Waals surface area contributed by atoms with E-state index in [1.165, 1.54) is 0 Å². The van der Waals surface area contributed by atoms with Crippen LogP contribution in [0, 0.1) is 12.3 Å². The second-order valence-electron chi connectivity index (χ2n) is 6.73. The van der Waals surface area contributed by atoms with Crippen molar-refractivity contribution in [1.29, 1.82) is 5.41 Å². The molecule has 2 rings (SSSR count). The number of carbonyl (C=O) groups is 2. The first-order chi connectivity index (χ1) is 14.1. The molecule has 1 aliphatic rings. The van der Waals surface area contributed by atoms with Gasteiger partial charge in [-0.25, -0.2) is 13.2 Å². The van der Waals surface area contributed by atoms with Crippen LogP contribution >= 0.6 is 0 Å². The van der Waals surface area contributed by atoms with Gasteiger partial charge in [-0.2, -0.15) is 0 Å². The fourth-order valence-electron chi connectivity index (χ4n) is 3.17. The summed E-state index contributed by atoms with van der Waals surface area (Å²) in [6, 6.07) is 1.73. The number of nitrogens with zero attached hydrogens (tertiary/aromatic N) is 1. The largest absolute Gasteiger partial charge is 1.00 e. The van der Waals surface area contributed by atoms with Crippen molar-refractivity contribution in [3.8, 4) is 0 Å². The molecule has 1 heterocycles. The van der Waals surface area contributed by atoms with Crippen molar-refractivity contribution < 1.29 is 61.0 Å². The molecule has 0 saturated heterocycles. The molecular formula is C17H24N5NaO7S. The van der Waals surface area contributed by atoms with Crippen LogP contribution in [0.1, 0.15) is 52.5 Å². The molecule has 5 N–H and O–H groups in total. The molecule has 166 valence electrons. The molecule has 1 aromatic rings. The van der Waals surface area contributed by atoms with Crippen molar-refractivity contribution in [2.75, 3.05) is 19.8 Å². The number of fused-ring (bicyclic) bond motifs is 1. The summed E-state index contributed by atoms with van der Waals surface area (Å²) >= 11 is 0. The number of aromatic nitrogens is 1. The zero-order valence-corrected chi connectivity index (χ0v) is 20.2. The van der Waals surface area contributed by atoms with Crippen LogP contribution in [0.15, 0.2) is 6.07 Å². The van der Waals surface area contributed by atoms with Gasteiger partial charge in [-0.15, -0.1) is 0 Å². The SMILES string of the molecule is Cc1nc2c(cc1C(=O)NC(=N)N)CCCCC2COC(=O)NCCOS(=O)(=O)[O-].[Na+]. The molecule has 1 unspecified atom stereocenters. The predicted octanol–water partition coefficient (Wildman–Crippen LogP) is -2.97. The maximum absolute atomic E-state index is 12.2. The third-order valence-electron chi connectivity index (χ3n) is 4.47. The number of rotatable bonds is 7.